The summed E-state index contributed by atoms with van der Waals surface area (Å²) in [6.45, 7) is 9.16. The van der Waals surface area contributed by atoms with Crippen molar-refractivity contribution >= 4 is 17.9 Å². The first kappa shape index (κ1) is 13.2. The van der Waals surface area contributed by atoms with Gasteiger partial charge in [-0.3, -0.25) is 9.88 Å². The van der Waals surface area contributed by atoms with E-state index in [1.54, 1.807) is 31.5 Å². The number of hydrogen-bond donors (Lipinski definition) is 0. The van der Waals surface area contributed by atoms with Crippen molar-refractivity contribution in [3.05, 3.63) is 30.6 Å². The van der Waals surface area contributed by atoms with Crippen LogP contribution in [0.2, 0.25) is 0 Å². The van der Waals surface area contributed by atoms with Gasteiger partial charge in [-0.1, -0.05) is 6.58 Å². The molecular weight excluding hydrogens is 216 g/mol. The molecule has 4 heteroatoms. The van der Waals surface area contributed by atoms with E-state index in [1.165, 1.54) is 4.90 Å². The van der Waals surface area contributed by atoms with Crippen molar-refractivity contribution < 1.29 is 9.53 Å². The first-order valence-corrected chi connectivity index (χ1v) is 5.39. The Morgan fingerprint density at radius 2 is 2.18 bits per heavy atom. The van der Waals surface area contributed by atoms with E-state index in [1.807, 2.05) is 20.8 Å². The summed E-state index contributed by atoms with van der Waals surface area (Å²) in [6.07, 6.45) is 2.85. The maximum absolute atomic E-state index is 11.9. The van der Waals surface area contributed by atoms with Crippen molar-refractivity contribution in [2.24, 2.45) is 0 Å². The molecule has 0 fully saturated rings. The molecule has 1 heterocycles. The van der Waals surface area contributed by atoms with Crippen molar-refractivity contribution in [1.29, 1.82) is 0 Å². The van der Waals surface area contributed by atoms with Gasteiger partial charge in [0.25, 0.3) is 0 Å². The third kappa shape index (κ3) is 3.59. The molecule has 4 nitrogen and oxygen atoms in total. The molecule has 1 rings (SSSR count). The molecule has 17 heavy (non-hydrogen) atoms. The molecule has 0 N–H and O–H groups in total. The molecule has 0 aliphatic heterocycles. The molecule has 0 aromatic carbocycles. The monoisotopic (exact) mass is 234 g/mol. The fraction of sp³-hybridized carbons (Fsp3) is 0.385. The highest BCUT2D eigenvalue weighted by molar-refractivity contribution is 5.89. The number of anilines is 1. The fourth-order valence-corrected chi connectivity index (χ4v) is 1.28. The molecule has 0 unspecified atom stereocenters. The van der Waals surface area contributed by atoms with E-state index in [2.05, 4.69) is 11.6 Å². The zero-order valence-corrected chi connectivity index (χ0v) is 10.7. The molecule has 1 aromatic heterocycles. The lowest BCUT2D eigenvalue weighted by Crippen LogP contribution is -2.34. The molecule has 0 radical (unpaired) electrons. The number of ether oxygens (including phenoxy) is 1. The van der Waals surface area contributed by atoms with Crippen molar-refractivity contribution in [2.45, 2.75) is 26.4 Å². The van der Waals surface area contributed by atoms with Crippen LogP contribution in [0.1, 0.15) is 26.5 Å². The summed E-state index contributed by atoms with van der Waals surface area (Å²) in [5.41, 5.74) is 0.819. The minimum absolute atomic E-state index is 0.409. The molecule has 1 aromatic rings. The summed E-state index contributed by atoms with van der Waals surface area (Å²) in [6, 6.07) is 3.57. The summed E-state index contributed by atoms with van der Waals surface area (Å²) in [5.74, 6) is 0. The Balaban J connectivity index is 2.92. The van der Waals surface area contributed by atoms with Crippen LogP contribution < -0.4 is 4.90 Å². The fourth-order valence-electron chi connectivity index (χ4n) is 1.28. The van der Waals surface area contributed by atoms with Gasteiger partial charge in [0.1, 0.15) is 5.60 Å². The highest BCUT2D eigenvalue weighted by Gasteiger charge is 2.21. The van der Waals surface area contributed by atoms with E-state index in [0.29, 0.717) is 11.4 Å². The minimum atomic E-state index is -0.512. The van der Waals surface area contributed by atoms with Gasteiger partial charge in [0.05, 0.1) is 11.4 Å². The zero-order valence-electron chi connectivity index (χ0n) is 10.7. The van der Waals surface area contributed by atoms with Gasteiger partial charge < -0.3 is 4.74 Å². The highest BCUT2D eigenvalue weighted by Crippen LogP contribution is 2.20. The highest BCUT2D eigenvalue weighted by atomic mass is 16.6. The number of pyridine rings is 1. The Bertz CT molecular complexity index is 422. The third-order valence-corrected chi connectivity index (χ3v) is 2.04. The van der Waals surface area contributed by atoms with Crippen molar-refractivity contribution in [3.8, 4) is 0 Å². The Morgan fingerprint density at radius 1 is 1.53 bits per heavy atom. The number of carbonyl (C=O) groups is 1. The first-order valence-electron chi connectivity index (χ1n) is 5.39. The van der Waals surface area contributed by atoms with Crippen LogP contribution in [-0.2, 0) is 4.74 Å². The van der Waals surface area contributed by atoms with Gasteiger partial charge in [-0.25, -0.2) is 4.79 Å². The van der Waals surface area contributed by atoms with Crippen LogP contribution in [0, 0.1) is 0 Å². The van der Waals surface area contributed by atoms with Crippen molar-refractivity contribution in [1.82, 2.24) is 4.98 Å². The maximum atomic E-state index is 11.9. The van der Waals surface area contributed by atoms with Crippen molar-refractivity contribution in [2.75, 3.05) is 11.9 Å². The van der Waals surface area contributed by atoms with Crippen LogP contribution in [0.25, 0.3) is 6.08 Å². The number of hydrogen-bond acceptors (Lipinski definition) is 3. The van der Waals surface area contributed by atoms with Crippen LogP contribution in [0.5, 0.6) is 0 Å². The second-order valence-electron chi connectivity index (χ2n) is 4.65. The molecule has 1 amide bonds. The van der Waals surface area contributed by atoms with Gasteiger partial charge >= 0.3 is 6.09 Å². The summed E-state index contributed by atoms with van der Waals surface area (Å²) >= 11 is 0. The Kier molecular flexibility index (Phi) is 3.89. The summed E-state index contributed by atoms with van der Waals surface area (Å²) in [5, 5.41) is 0. The molecule has 0 aliphatic carbocycles. The van der Waals surface area contributed by atoms with Crippen LogP contribution in [0.4, 0.5) is 10.5 Å². The molecule has 0 aliphatic rings. The average molecular weight is 234 g/mol. The van der Waals surface area contributed by atoms with Gasteiger partial charge in [-0.05, 0) is 39.0 Å². The van der Waals surface area contributed by atoms with Crippen LogP contribution in [0.15, 0.2) is 24.9 Å². The van der Waals surface area contributed by atoms with Gasteiger partial charge in [0, 0.05) is 13.2 Å². The van der Waals surface area contributed by atoms with Gasteiger partial charge in [0.15, 0.2) is 0 Å². The second kappa shape index (κ2) is 4.99. The molecule has 0 saturated heterocycles. The summed E-state index contributed by atoms with van der Waals surface area (Å²) in [4.78, 5) is 17.4. The number of nitrogens with zero attached hydrogens (tertiary/aromatic N) is 2. The smallest absolute Gasteiger partial charge is 0.414 e. The van der Waals surface area contributed by atoms with E-state index < -0.39 is 11.7 Å². The molecule has 0 spiro atoms. The number of carbonyl (C=O) groups excluding carboxylic acids is 1. The first-order chi connectivity index (χ1) is 7.85. The Labute approximate surface area is 102 Å². The minimum Gasteiger partial charge on any atom is -0.443 e. The summed E-state index contributed by atoms with van der Waals surface area (Å²) < 4.78 is 5.28. The number of rotatable bonds is 2. The predicted octanol–water partition coefficient (Wildman–Crippen LogP) is 3.10. The number of aromatic nitrogens is 1. The lowest BCUT2D eigenvalue weighted by Gasteiger charge is -2.25. The predicted molar refractivity (Wildman–Crippen MR) is 69.0 cm³/mol. The van der Waals surface area contributed by atoms with Crippen LogP contribution in [-0.4, -0.2) is 23.7 Å². The third-order valence-electron chi connectivity index (χ3n) is 2.04. The molecule has 0 saturated carbocycles. The topological polar surface area (TPSA) is 42.4 Å². The molecular formula is C13H18N2O2. The quantitative estimate of drug-likeness (QED) is 0.789. The Hall–Kier alpha value is -1.84. The number of amides is 1. The molecule has 92 valence electrons. The van der Waals surface area contributed by atoms with Gasteiger partial charge in [-0.15, -0.1) is 0 Å². The van der Waals surface area contributed by atoms with Gasteiger partial charge in [-0.2, -0.15) is 0 Å². The lowest BCUT2D eigenvalue weighted by atomic mass is 10.2. The average Bonchev–Trinajstić information content (AvgIpc) is 2.25. The maximum Gasteiger partial charge on any atom is 0.414 e. The lowest BCUT2D eigenvalue weighted by molar-refractivity contribution is 0.0589. The van der Waals surface area contributed by atoms with E-state index >= 15 is 0 Å². The molecule has 0 atom stereocenters. The largest absolute Gasteiger partial charge is 0.443 e. The SMILES string of the molecule is C=Cc1ncccc1N(C)C(=O)OC(C)(C)C. The zero-order chi connectivity index (χ0) is 13.1. The van der Waals surface area contributed by atoms with E-state index in [9.17, 15) is 4.79 Å². The van der Waals surface area contributed by atoms with Crippen molar-refractivity contribution in [3.63, 3.8) is 0 Å². The van der Waals surface area contributed by atoms with E-state index in [4.69, 9.17) is 4.74 Å². The van der Waals surface area contributed by atoms with Crippen LogP contribution in [0.3, 0.4) is 0 Å². The van der Waals surface area contributed by atoms with Crippen LogP contribution >= 0.6 is 0 Å². The van der Waals surface area contributed by atoms with E-state index in [-0.39, 0.29) is 0 Å². The molecule has 0 bridgehead atoms. The second-order valence-corrected chi connectivity index (χ2v) is 4.65. The standard InChI is InChI=1S/C13H18N2O2/c1-6-10-11(8-7-9-14-10)15(5)12(16)17-13(2,3)4/h6-9H,1H2,2-5H3. The van der Waals surface area contributed by atoms with E-state index in [0.717, 1.165) is 0 Å². The van der Waals surface area contributed by atoms with Gasteiger partial charge in [0.2, 0.25) is 0 Å². The normalized spacial score (nSPS) is 10.8. The Morgan fingerprint density at radius 3 is 2.71 bits per heavy atom. The summed E-state index contributed by atoms with van der Waals surface area (Å²) in [7, 11) is 1.65.